The number of ether oxygens (including phenoxy) is 1. The Bertz CT molecular complexity index is 601. The Morgan fingerprint density at radius 2 is 2.00 bits per heavy atom. The molecular weight excluding hydrogens is 326 g/mol. The van der Waals surface area contributed by atoms with E-state index in [1.165, 1.54) is 0 Å². The molecule has 0 N–H and O–H groups in total. The first-order chi connectivity index (χ1) is 11.6. The molecule has 3 saturated heterocycles. The molecule has 3 aliphatic heterocycles. The van der Waals surface area contributed by atoms with Crippen LogP contribution < -0.4 is 4.90 Å². The van der Waals surface area contributed by atoms with Crippen molar-refractivity contribution in [2.24, 2.45) is 5.92 Å². The lowest BCUT2D eigenvalue weighted by molar-refractivity contribution is -0.144. The van der Waals surface area contributed by atoms with E-state index in [1.807, 2.05) is 11.8 Å². The van der Waals surface area contributed by atoms with Gasteiger partial charge in [-0.1, -0.05) is 11.3 Å². The maximum absolute atomic E-state index is 12.8. The molecule has 0 spiro atoms. The molecule has 0 aliphatic carbocycles. The summed E-state index contributed by atoms with van der Waals surface area (Å²) >= 11 is 1.63. The number of nitrogens with zero attached hydrogens (tertiary/aromatic N) is 5. The van der Waals surface area contributed by atoms with E-state index in [4.69, 9.17) is 4.74 Å². The van der Waals surface area contributed by atoms with Crippen LogP contribution in [0, 0.1) is 12.8 Å². The predicted molar refractivity (Wildman–Crippen MR) is 92.3 cm³/mol. The number of piperidine rings is 1. The smallest absolute Gasteiger partial charge is 0.251 e. The number of carbonyl (C=O) groups excluding carboxylic acids is 1. The molecule has 1 aromatic rings. The summed E-state index contributed by atoms with van der Waals surface area (Å²) in [6.07, 6.45) is 1.83. The molecule has 0 aromatic carbocycles. The van der Waals surface area contributed by atoms with Crippen molar-refractivity contribution in [1.82, 2.24) is 20.0 Å². The van der Waals surface area contributed by atoms with Crippen molar-refractivity contribution in [2.75, 3.05) is 51.2 Å². The summed E-state index contributed by atoms with van der Waals surface area (Å²) in [6.45, 7) is 7.33. The maximum Gasteiger partial charge on any atom is 0.251 e. The van der Waals surface area contributed by atoms with E-state index in [-0.39, 0.29) is 18.1 Å². The Labute approximate surface area is 146 Å². The second-order valence-electron chi connectivity index (χ2n) is 7.13. The standard InChI is InChI=1S/C16H25N5O2S/c1-11-17-18-16(24-11)21-4-3-12-9-13(23-14(12)10-21)15(22)20-7-5-19(2)6-8-20/h12-14H,3-10H2,1-2H3/t12-,13-,14+/m0/s1. The van der Waals surface area contributed by atoms with Gasteiger partial charge in [0.15, 0.2) is 0 Å². The molecule has 7 nitrogen and oxygen atoms in total. The van der Waals surface area contributed by atoms with Crippen LogP contribution in [-0.4, -0.2) is 84.4 Å². The van der Waals surface area contributed by atoms with Gasteiger partial charge in [0.2, 0.25) is 5.13 Å². The lowest BCUT2D eigenvalue weighted by Gasteiger charge is -2.34. The topological polar surface area (TPSA) is 61.8 Å². The fourth-order valence-corrected chi connectivity index (χ4v) is 4.63. The molecule has 0 bridgehead atoms. The van der Waals surface area contributed by atoms with Gasteiger partial charge in [-0.05, 0) is 32.7 Å². The van der Waals surface area contributed by atoms with Crippen LogP contribution in [0.2, 0.25) is 0 Å². The van der Waals surface area contributed by atoms with E-state index < -0.39 is 0 Å². The van der Waals surface area contributed by atoms with E-state index in [1.54, 1.807) is 11.3 Å². The normalized spacial score (nSPS) is 31.3. The van der Waals surface area contributed by atoms with Crippen LogP contribution in [0.3, 0.4) is 0 Å². The predicted octanol–water partition coefficient (Wildman–Crippen LogP) is 0.604. The molecule has 24 heavy (non-hydrogen) atoms. The minimum absolute atomic E-state index is 0.143. The van der Waals surface area contributed by atoms with Crippen molar-refractivity contribution in [2.45, 2.75) is 32.0 Å². The number of likely N-dealkylation sites (N-methyl/N-ethyl adjacent to an activating group) is 1. The fourth-order valence-electron chi connectivity index (χ4n) is 3.91. The van der Waals surface area contributed by atoms with E-state index in [2.05, 4.69) is 27.0 Å². The Morgan fingerprint density at radius 3 is 2.71 bits per heavy atom. The number of rotatable bonds is 2. The van der Waals surface area contributed by atoms with Crippen molar-refractivity contribution in [3.05, 3.63) is 5.01 Å². The second-order valence-corrected chi connectivity index (χ2v) is 8.29. The average Bonchev–Trinajstić information content (AvgIpc) is 3.20. The van der Waals surface area contributed by atoms with Gasteiger partial charge in [0.05, 0.1) is 6.10 Å². The van der Waals surface area contributed by atoms with Gasteiger partial charge in [-0.15, -0.1) is 10.2 Å². The Hall–Kier alpha value is -1.25. The highest BCUT2D eigenvalue weighted by Gasteiger charge is 2.43. The number of anilines is 1. The van der Waals surface area contributed by atoms with Gasteiger partial charge < -0.3 is 19.4 Å². The SMILES string of the molecule is Cc1nnc(N2CC[C@H]3C[C@@H](C(=O)N4CCN(C)CC4)O[C@@H]3C2)s1. The Balaban J connectivity index is 1.36. The zero-order valence-corrected chi connectivity index (χ0v) is 15.2. The summed E-state index contributed by atoms with van der Waals surface area (Å²) in [5, 5.41) is 10.3. The number of piperazine rings is 1. The molecule has 0 saturated carbocycles. The highest BCUT2D eigenvalue weighted by molar-refractivity contribution is 7.15. The van der Waals surface area contributed by atoms with Gasteiger partial charge in [0, 0.05) is 39.3 Å². The molecule has 3 aliphatic rings. The Morgan fingerprint density at radius 1 is 1.21 bits per heavy atom. The van der Waals surface area contributed by atoms with Crippen molar-refractivity contribution in [3.8, 4) is 0 Å². The number of aryl methyl sites for hydroxylation is 1. The molecule has 1 amide bonds. The lowest BCUT2D eigenvalue weighted by atomic mass is 9.92. The van der Waals surface area contributed by atoms with Crippen LogP contribution in [0.4, 0.5) is 5.13 Å². The highest BCUT2D eigenvalue weighted by atomic mass is 32.1. The summed E-state index contributed by atoms with van der Waals surface area (Å²) in [5.74, 6) is 0.687. The van der Waals surface area contributed by atoms with Crippen molar-refractivity contribution >= 4 is 22.4 Å². The summed E-state index contributed by atoms with van der Waals surface area (Å²) in [6, 6.07) is 0. The third kappa shape index (κ3) is 3.14. The first-order valence-corrected chi connectivity index (χ1v) is 9.59. The number of amides is 1. The zero-order chi connectivity index (χ0) is 16.7. The van der Waals surface area contributed by atoms with Gasteiger partial charge in [0.1, 0.15) is 11.1 Å². The number of aromatic nitrogens is 2. The van der Waals surface area contributed by atoms with Gasteiger partial charge in [-0.2, -0.15) is 0 Å². The minimum Gasteiger partial charge on any atom is -0.363 e. The average molecular weight is 351 g/mol. The first kappa shape index (κ1) is 16.2. The molecule has 8 heteroatoms. The van der Waals surface area contributed by atoms with E-state index in [0.29, 0.717) is 5.92 Å². The second kappa shape index (κ2) is 6.57. The van der Waals surface area contributed by atoms with Crippen LogP contribution in [0.15, 0.2) is 0 Å². The number of fused-ring (bicyclic) bond motifs is 1. The summed E-state index contributed by atoms with van der Waals surface area (Å²) in [7, 11) is 2.10. The van der Waals surface area contributed by atoms with Crippen LogP contribution in [0.5, 0.6) is 0 Å². The summed E-state index contributed by atoms with van der Waals surface area (Å²) in [5.41, 5.74) is 0. The number of carbonyl (C=O) groups is 1. The minimum atomic E-state index is -0.250. The Kier molecular flexibility index (Phi) is 4.44. The summed E-state index contributed by atoms with van der Waals surface area (Å²) < 4.78 is 6.18. The molecule has 3 atom stereocenters. The fraction of sp³-hybridized carbons (Fsp3) is 0.812. The number of hydrogen-bond donors (Lipinski definition) is 0. The molecule has 4 rings (SSSR count). The number of hydrogen-bond acceptors (Lipinski definition) is 7. The van der Waals surface area contributed by atoms with Crippen LogP contribution in [-0.2, 0) is 9.53 Å². The quantitative estimate of drug-likeness (QED) is 0.778. The van der Waals surface area contributed by atoms with Gasteiger partial charge >= 0.3 is 0 Å². The highest BCUT2D eigenvalue weighted by Crippen LogP contribution is 2.36. The zero-order valence-electron chi connectivity index (χ0n) is 14.3. The van der Waals surface area contributed by atoms with Crippen molar-refractivity contribution in [1.29, 1.82) is 0 Å². The van der Waals surface area contributed by atoms with E-state index in [0.717, 1.165) is 62.2 Å². The molecule has 132 valence electrons. The molecule has 0 radical (unpaired) electrons. The first-order valence-electron chi connectivity index (χ1n) is 8.78. The van der Waals surface area contributed by atoms with Crippen molar-refractivity contribution in [3.63, 3.8) is 0 Å². The molecule has 0 unspecified atom stereocenters. The summed E-state index contributed by atoms with van der Waals surface area (Å²) in [4.78, 5) is 19.3. The molecule has 1 aromatic heterocycles. The molecule has 3 fully saturated rings. The van der Waals surface area contributed by atoms with E-state index in [9.17, 15) is 4.79 Å². The maximum atomic E-state index is 12.8. The van der Waals surface area contributed by atoms with Gasteiger partial charge in [-0.3, -0.25) is 4.79 Å². The van der Waals surface area contributed by atoms with Crippen LogP contribution in [0.25, 0.3) is 0 Å². The largest absolute Gasteiger partial charge is 0.363 e. The lowest BCUT2D eigenvalue weighted by Crippen LogP contribution is -2.50. The monoisotopic (exact) mass is 351 g/mol. The van der Waals surface area contributed by atoms with Crippen LogP contribution >= 0.6 is 11.3 Å². The van der Waals surface area contributed by atoms with Crippen molar-refractivity contribution < 1.29 is 9.53 Å². The third-order valence-electron chi connectivity index (χ3n) is 5.43. The molecular formula is C16H25N5O2S. The third-order valence-corrected chi connectivity index (χ3v) is 6.33. The van der Waals surface area contributed by atoms with Gasteiger partial charge in [-0.25, -0.2) is 0 Å². The van der Waals surface area contributed by atoms with E-state index >= 15 is 0 Å². The van der Waals surface area contributed by atoms with Gasteiger partial charge in [0.25, 0.3) is 5.91 Å². The molecule has 4 heterocycles. The van der Waals surface area contributed by atoms with Crippen LogP contribution in [0.1, 0.15) is 17.8 Å².